The Balaban J connectivity index is 2.62. The molecule has 0 aromatic carbocycles. The van der Waals surface area contributed by atoms with E-state index in [0.29, 0.717) is 11.8 Å². The average Bonchev–Trinajstić information content (AvgIpc) is 2.26. The van der Waals surface area contributed by atoms with E-state index in [-0.39, 0.29) is 5.92 Å². The van der Waals surface area contributed by atoms with Crippen LogP contribution >= 0.6 is 0 Å². The van der Waals surface area contributed by atoms with Gasteiger partial charge in [-0.05, 0) is 24.2 Å². The first-order valence-electron chi connectivity index (χ1n) is 6.76. The lowest BCUT2D eigenvalue weighted by atomic mass is 9.77. The van der Waals surface area contributed by atoms with Crippen LogP contribution in [0.4, 0.5) is 0 Å². The Morgan fingerprint density at radius 1 is 1.31 bits per heavy atom. The SMILES string of the molecule is CCC1CN(C(=O)C(C)C)CCC1C(C)C. The van der Waals surface area contributed by atoms with E-state index >= 15 is 0 Å². The standard InChI is InChI=1S/C14H27NO/c1-6-12-9-15(14(16)11(4)5)8-7-13(12)10(2)3/h10-13H,6-9H2,1-5H3. The fraction of sp³-hybridized carbons (Fsp3) is 0.929. The van der Waals surface area contributed by atoms with Crippen LogP contribution in [0.2, 0.25) is 0 Å². The van der Waals surface area contributed by atoms with Gasteiger partial charge in [-0.2, -0.15) is 0 Å². The molecule has 1 amide bonds. The number of likely N-dealkylation sites (tertiary alicyclic amines) is 1. The highest BCUT2D eigenvalue weighted by Gasteiger charge is 2.32. The van der Waals surface area contributed by atoms with Gasteiger partial charge >= 0.3 is 0 Å². The molecule has 0 spiro atoms. The summed E-state index contributed by atoms with van der Waals surface area (Å²) in [7, 11) is 0. The van der Waals surface area contributed by atoms with Gasteiger partial charge in [0.05, 0.1) is 0 Å². The predicted molar refractivity (Wildman–Crippen MR) is 68.1 cm³/mol. The van der Waals surface area contributed by atoms with Gasteiger partial charge in [-0.15, -0.1) is 0 Å². The minimum absolute atomic E-state index is 0.146. The number of piperidine rings is 1. The van der Waals surface area contributed by atoms with Gasteiger partial charge in [0.2, 0.25) is 5.91 Å². The maximum absolute atomic E-state index is 12.0. The van der Waals surface area contributed by atoms with Crippen molar-refractivity contribution in [1.82, 2.24) is 4.90 Å². The van der Waals surface area contributed by atoms with Crippen molar-refractivity contribution >= 4 is 5.91 Å². The first kappa shape index (κ1) is 13.5. The summed E-state index contributed by atoms with van der Waals surface area (Å²) >= 11 is 0. The Morgan fingerprint density at radius 2 is 1.94 bits per heavy atom. The van der Waals surface area contributed by atoms with Crippen molar-refractivity contribution in [3.05, 3.63) is 0 Å². The second-order valence-corrected chi connectivity index (χ2v) is 5.80. The minimum atomic E-state index is 0.146. The molecule has 1 heterocycles. The molecular formula is C14H27NO. The maximum Gasteiger partial charge on any atom is 0.225 e. The fourth-order valence-electron chi connectivity index (χ4n) is 2.93. The summed E-state index contributed by atoms with van der Waals surface area (Å²) in [5.41, 5.74) is 0. The number of carbonyl (C=O) groups is 1. The molecule has 1 saturated heterocycles. The molecule has 0 N–H and O–H groups in total. The summed E-state index contributed by atoms with van der Waals surface area (Å²) < 4.78 is 0. The summed E-state index contributed by atoms with van der Waals surface area (Å²) in [6.07, 6.45) is 2.39. The minimum Gasteiger partial charge on any atom is -0.342 e. The van der Waals surface area contributed by atoms with Crippen LogP contribution in [0.5, 0.6) is 0 Å². The Labute approximate surface area is 100 Å². The van der Waals surface area contributed by atoms with Crippen molar-refractivity contribution in [2.75, 3.05) is 13.1 Å². The van der Waals surface area contributed by atoms with E-state index in [1.807, 2.05) is 13.8 Å². The zero-order valence-corrected chi connectivity index (χ0v) is 11.5. The summed E-state index contributed by atoms with van der Waals surface area (Å²) in [5.74, 6) is 2.74. The van der Waals surface area contributed by atoms with Crippen LogP contribution < -0.4 is 0 Å². The Bertz CT molecular complexity index is 235. The van der Waals surface area contributed by atoms with Gasteiger partial charge in [-0.3, -0.25) is 4.79 Å². The van der Waals surface area contributed by atoms with Gasteiger partial charge in [0, 0.05) is 19.0 Å². The lowest BCUT2D eigenvalue weighted by Gasteiger charge is -2.41. The molecule has 1 fully saturated rings. The summed E-state index contributed by atoms with van der Waals surface area (Å²) in [6, 6.07) is 0. The van der Waals surface area contributed by atoms with Crippen molar-refractivity contribution in [1.29, 1.82) is 0 Å². The predicted octanol–water partition coefficient (Wildman–Crippen LogP) is 3.17. The van der Waals surface area contributed by atoms with Crippen LogP contribution in [-0.2, 0) is 4.79 Å². The summed E-state index contributed by atoms with van der Waals surface area (Å²) in [5, 5.41) is 0. The summed E-state index contributed by atoms with van der Waals surface area (Å²) in [6.45, 7) is 12.8. The molecule has 94 valence electrons. The van der Waals surface area contributed by atoms with E-state index in [9.17, 15) is 4.79 Å². The van der Waals surface area contributed by atoms with Crippen LogP contribution in [0.1, 0.15) is 47.5 Å². The second-order valence-electron chi connectivity index (χ2n) is 5.80. The smallest absolute Gasteiger partial charge is 0.225 e. The van der Waals surface area contributed by atoms with E-state index in [1.165, 1.54) is 12.8 Å². The topological polar surface area (TPSA) is 20.3 Å². The van der Waals surface area contributed by atoms with Crippen LogP contribution in [0.15, 0.2) is 0 Å². The molecule has 1 aliphatic heterocycles. The first-order valence-corrected chi connectivity index (χ1v) is 6.76. The van der Waals surface area contributed by atoms with Gasteiger partial charge in [-0.1, -0.05) is 41.0 Å². The van der Waals surface area contributed by atoms with E-state index < -0.39 is 0 Å². The lowest BCUT2D eigenvalue weighted by molar-refractivity contribution is -0.137. The van der Waals surface area contributed by atoms with Crippen molar-refractivity contribution in [3.8, 4) is 0 Å². The van der Waals surface area contributed by atoms with E-state index in [2.05, 4.69) is 25.7 Å². The Hall–Kier alpha value is -0.530. The number of hydrogen-bond donors (Lipinski definition) is 0. The molecule has 2 unspecified atom stereocenters. The molecule has 2 nitrogen and oxygen atoms in total. The number of rotatable bonds is 3. The molecule has 0 saturated carbocycles. The van der Waals surface area contributed by atoms with Crippen molar-refractivity contribution < 1.29 is 4.79 Å². The third-order valence-corrected chi connectivity index (χ3v) is 3.98. The van der Waals surface area contributed by atoms with Crippen LogP contribution in [-0.4, -0.2) is 23.9 Å². The molecule has 0 aromatic rings. The van der Waals surface area contributed by atoms with Crippen molar-refractivity contribution in [3.63, 3.8) is 0 Å². The second kappa shape index (κ2) is 5.70. The van der Waals surface area contributed by atoms with Gasteiger partial charge < -0.3 is 4.90 Å². The zero-order valence-electron chi connectivity index (χ0n) is 11.5. The molecule has 0 bridgehead atoms. The molecular weight excluding hydrogens is 198 g/mol. The molecule has 0 aromatic heterocycles. The van der Waals surface area contributed by atoms with Gasteiger partial charge in [-0.25, -0.2) is 0 Å². The van der Waals surface area contributed by atoms with Crippen LogP contribution in [0.3, 0.4) is 0 Å². The molecule has 0 aliphatic carbocycles. The Kier molecular flexibility index (Phi) is 4.82. The highest BCUT2D eigenvalue weighted by molar-refractivity contribution is 5.78. The molecule has 0 radical (unpaired) electrons. The number of nitrogens with zero attached hydrogens (tertiary/aromatic N) is 1. The van der Waals surface area contributed by atoms with E-state index in [4.69, 9.17) is 0 Å². The van der Waals surface area contributed by atoms with Crippen LogP contribution in [0, 0.1) is 23.7 Å². The molecule has 1 aliphatic rings. The third-order valence-electron chi connectivity index (χ3n) is 3.98. The van der Waals surface area contributed by atoms with Crippen molar-refractivity contribution in [2.24, 2.45) is 23.7 Å². The lowest BCUT2D eigenvalue weighted by Crippen LogP contribution is -2.46. The summed E-state index contributed by atoms with van der Waals surface area (Å²) in [4.78, 5) is 14.0. The van der Waals surface area contributed by atoms with Gasteiger partial charge in [0.25, 0.3) is 0 Å². The van der Waals surface area contributed by atoms with E-state index in [1.54, 1.807) is 0 Å². The van der Waals surface area contributed by atoms with Gasteiger partial charge in [0.15, 0.2) is 0 Å². The van der Waals surface area contributed by atoms with Crippen LogP contribution in [0.25, 0.3) is 0 Å². The Morgan fingerprint density at radius 3 is 2.38 bits per heavy atom. The largest absolute Gasteiger partial charge is 0.342 e. The number of carbonyl (C=O) groups excluding carboxylic acids is 1. The molecule has 2 heteroatoms. The molecule has 1 rings (SSSR count). The fourth-order valence-corrected chi connectivity index (χ4v) is 2.93. The normalized spacial score (nSPS) is 26.6. The zero-order chi connectivity index (χ0) is 12.3. The molecule has 16 heavy (non-hydrogen) atoms. The number of amides is 1. The highest BCUT2D eigenvalue weighted by atomic mass is 16.2. The highest BCUT2D eigenvalue weighted by Crippen LogP contribution is 2.32. The third kappa shape index (κ3) is 2.99. The number of hydrogen-bond acceptors (Lipinski definition) is 1. The first-order chi connectivity index (χ1) is 7.47. The van der Waals surface area contributed by atoms with Crippen molar-refractivity contribution in [2.45, 2.75) is 47.5 Å². The van der Waals surface area contributed by atoms with E-state index in [0.717, 1.165) is 24.9 Å². The van der Waals surface area contributed by atoms with Gasteiger partial charge in [0.1, 0.15) is 0 Å². The quantitative estimate of drug-likeness (QED) is 0.722. The molecule has 2 atom stereocenters. The average molecular weight is 225 g/mol. The maximum atomic E-state index is 12.0. The monoisotopic (exact) mass is 225 g/mol.